The molecule has 1 aliphatic heterocycles. The van der Waals surface area contributed by atoms with Crippen molar-refractivity contribution < 1.29 is 8.78 Å². The summed E-state index contributed by atoms with van der Waals surface area (Å²) < 4.78 is 29.7. The number of nitrogens with zero attached hydrogens (tertiary/aromatic N) is 6. The van der Waals surface area contributed by atoms with E-state index in [1.54, 1.807) is 42.9 Å². The van der Waals surface area contributed by atoms with Crippen molar-refractivity contribution in [3.05, 3.63) is 77.7 Å². The van der Waals surface area contributed by atoms with Crippen LogP contribution in [0.15, 0.2) is 61.1 Å². The molecule has 1 N–H and O–H groups in total. The zero-order chi connectivity index (χ0) is 25.5. The Hall–Kier alpha value is -3.95. The first kappa shape index (κ1) is 23.4. The van der Waals surface area contributed by atoms with Crippen LogP contribution in [0.3, 0.4) is 0 Å². The molecule has 0 amide bonds. The van der Waals surface area contributed by atoms with Gasteiger partial charge in [0.25, 0.3) is 0 Å². The van der Waals surface area contributed by atoms with Crippen molar-refractivity contribution in [1.29, 1.82) is 0 Å². The molecule has 0 saturated carbocycles. The third-order valence-corrected chi connectivity index (χ3v) is 6.90. The monoisotopic (exact) mass is 517 g/mol. The maximum absolute atomic E-state index is 15.0. The van der Waals surface area contributed by atoms with Gasteiger partial charge in [0, 0.05) is 55.0 Å². The van der Waals surface area contributed by atoms with Crippen LogP contribution in [-0.2, 0) is 0 Å². The van der Waals surface area contributed by atoms with Gasteiger partial charge in [0.05, 0.1) is 28.2 Å². The number of likely N-dealkylation sites (N-methyl/N-ethyl adjacent to an activating group) is 1. The van der Waals surface area contributed by atoms with Gasteiger partial charge in [-0.25, -0.2) is 23.7 Å². The molecular weight excluding hydrogens is 496 g/mol. The van der Waals surface area contributed by atoms with Crippen LogP contribution in [0.4, 0.5) is 26.1 Å². The van der Waals surface area contributed by atoms with Gasteiger partial charge in [-0.1, -0.05) is 17.7 Å². The minimum absolute atomic E-state index is 0.209. The molecule has 7 nitrogen and oxygen atoms in total. The number of hydrogen-bond acceptors (Lipinski definition) is 7. The average Bonchev–Trinajstić information content (AvgIpc) is 2.90. The molecule has 1 saturated heterocycles. The van der Waals surface area contributed by atoms with E-state index in [1.165, 1.54) is 12.1 Å². The largest absolute Gasteiger partial charge is 0.367 e. The Morgan fingerprint density at radius 2 is 1.76 bits per heavy atom. The molecule has 4 heterocycles. The molecule has 0 spiro atoms. The molecule has 0 bridgehead atoms. The highest BCUT2D eigenvalue weighted by molar-refractivity contribution is 6.33. The normalized spacial score (nSPS) is 14.4. The van der Waals surface area contributed by atoms with Crippen LogP contribution in [0, 0.1) is 11.6 Å². The minimum Gasteiger partial charge on any atom is -0.367 e. The standard InChI is InChI=1S/C27H22ClF2N7/c1-36-9-11-37(12-10-36)23-6-5-16(13-21(23)30)33-27-32-15-22-25(35-27)18-14-31-8-7-17(18)26(34-22)24-19(28)3-2-4-20(24)29/h2-8,13-15H,9-12H2,1H3,(H,32,33,35). The zero-order valence-electron chi connectivity index (χ0n) is 19.9. The lowest BCUT2D eigenvalue weighted by atomic mass is 10.0. The average molecular weight is 518 g/mol. The minimum atomic E-state index is -0.473. The van der Waals surface area contributed by atoms with Gasteiger partial charge in [-0.15, -0.1) is 0 Å². The summed E-state index contributed by atoms with van der Waals surface area (Å²) in [5, 5.41) is 4.67. The Kier molecular flexibility index (Phi) is 6.02. The van der Waals surface area contributed by atoms with Gasteiger partial charge < -0.3 is 15.1 Å². The van der Waals surface area contributed by atoms with Crippen molar-refractivity contribution >= 4 is 50.7 Å². The first-order chi connectivity index (χ1) is 18.0. The summed E-state index contributed by atoms with van der Waals surface area (Å²) >= 11 is 6.34. The summed E-state index contributed by atoms with van der Waals surface area (Å²) in [4.78, 5) is 22.2. The van der Waals surface area contributed by atoms with Crippen LogP contribution in [0.25, 0.3) is 33.1 Å². The lowest BCUT2D eigenvalue weighted by Crippen LogP contribution is -2.44. The van der Waals surface area contributed by atoms with E-state index in [9.17, 15) is 8.78 Å². The predicted molar refractivity (Wildman–Crippen MR) is 142 cm³/mol. The predicted octanol–water partition coefficient (Wildman–Crippen LogP) is 5.67. The van der Waals surface area contributed by atoms with E-state index >= 15 is 0 Å². The molecule has 37 heavy (non-hydrogen) atoms. The van der Waals surface area contributed by atoms with Gasteiger partial charge in [0.1, 0.15) is 22.7 Å². The maximum atomic E-state index is 15.0. The molecule has 2 aromatic carbocycles. The molecule has 1 fully saturated rings. The number of rotatable bonds is 4. The van der Waals surface area contributed by atoms with E-state index in [1.807, 2.05) is 6.07 Å². The first-order valence-electron chi connectivity index (χ1n) is 11.8. The molecule has 6 rings (SSSR count). The SMILES string of the molecule is CN1CCN(c2ccc(Nc3ncc4nc(-c5c(F)cccc5Cl)c5ccncc5c4n3)cc2F)CC1. The van der Waals surface area contributed by atoms with E-state index in [-0.39, 0.29) is 22.4 Å². The Balaban J connectivity index is 1.37. The number of fused-ring (bicyclic) bond motifs is 3. The number of aromatic nitrogens is 4. The molecule has 3 aromatic heterocycles. The van der Waals surface area contributed by atoms with E-state index in [4.69, 9.17) is 11.6 Å². The summed E-state index contributed by atoms with van der Waals surface area (Å²) in [6, 6.07) is 11.3. The highest BCUT2D eigenvalue weighted by atomic mass is 35.5. The summed E-state index contributed by atoms with van der Waals surface area (Å²) in [5.41, 5.74) is 2.70. The maximum Gasteiger partial charge on any atom is 0.227 e. The third-order valence-electron chi connectivity index (χ3n) is 6.58. The Morgan fingerprint density at radius 1 is 0.919 bits per heavy atom. The number of nitrogens with one attached hydrogen (secondary N) is 1. The van der Waals surface area contributed by atoms with Crippen LogP contribution in [0.1, 0.15) is 0 Å². The number of piperazine rings is 1. The quantitative estimate of drug-likeness (QED) is 0.308. The fraction of sp³-hybridized carbons (Fsp3) is 0.185. The van der Waals surface area contributed by atoms with Crippen molar-refractivity contribution in [1.82, 2.24) is 24.8 Å². The highest BCUT2D eigenvalue weighted by Gasteiger charge is 2.19. The Bertz CT molecular complexity index is 1620. The molecule has 10 heteroatoms. The van der Waals surface area contributed by atoms with Crippen molar-refractivity contribution in [2.45, 2.75) is 0 Å². The second-order valence-corrected chi connectivity index (χ2v) is 9.39. The van der Waals surface area contributed by atoms with Crippen LogP contribution in [0.5, 0.6) is 0 Å². The van der Waals surface area contributed by atoms with Gasteiger partial charge >= 0.3 is 0 Å². The van der Waals surface area contributed by atoms with Crippen LogP contribution >= 0.6 is 11.6 Å². The molecule has 0 aliphatic carbocycles. The smallest absolute Gasteiger partial charge is 0.227 e. The fourth-order valence-corrected chi connectivity index (χ4v) is 4.87. The molecule has 0 unspecified atom stereocenters. The summed E-state index contributed by atoms with van der Waals surface area (Å²) in [7, 11) is 2.06. The second-order valence-electron chi connectivity index (χ2n) is 8.99. The van der Waals surface area contributed by atoms with E-state index in [2.05, 4.69) is 42.1 Å². The van der Waals surface area contributed by atoms with Crippen LogP contribution in [-0.4, -0.2) is 58.1 Å². The van der Waals surface area contributed by atoms with Crippen LogP contribution in [0.2, 0.25) is 5.02 Å². The van der Waals surface area contributed by atoms with Gasteiger partial charge in [-0.05, 0) is 43.4 Å². The summed E-state index contributed by atoms with van der Waals surface area (Å²) in [6.45, 7) is 3.35. The van der Waals surface area contributed by atoms with Gasteiger partial charge in [0.15, 0.2) is 0 Å². The zero-order valence-corrected chi connectivity index (χ0v) is 20.7. The van der Waals surface area contributed by atoms with Gasteiger partial charge in [0.2, 0.25) is 5.95 Å². The van der Waals surface area contributed by atoms with Crippen molar-refractivity contribution in [3.63, 3.8) is 0 Å². The van der Waals surface area contributed by atoms with E-state index < -0.39 is 5.82 Å². The Labute approximate surface area is 216 Å². The summed E-state index contributed by atoms with van der Waals surface area (Å²) in [5.74, 6) is -0.500. The number of hydrogen-bond donors (Lipinski definition) is 1. The van der Waals surface area contributed by atoms with Crippen molar-refractivity contribution in [2.24, 2.45) is 0 Å². The fourth-order valence-electron chi connectivity index (χ4n) is 4.62. The lowest BCUT2D eigenvalue weighted by Gasteiger charge is -2.34. The summed E-state index contributed by atoms with van der Waals surface area (Å²) in [6.07, 6.45) is 4.81. The first-order valence-corrected chi connectivity index (χ1v) is 12.2. The van der Waals surface area contributed by atoms with Crippen LogP contribution < -0.4 is 10.2 Å². The van der Waals surface area contributed by atoms with Gasteiger partial charge in [-0.3, -0.25) is 4.98 Å². The van der Waals surface area contributed by atoms with Crippen molar-refractivity contribution in [2.75, 3.05) is 43.4 Å². The number of pyridine rings is 2. The molecule has 5 aromatic rings. The molecular formula is C27H22ClF2N7. The number of halogens is 3. The molecule has 186 valence electrons. The number of anilines is 3. The van der Waals surface area contributed by atoms with E-state index in [0.29, 0.717) is 38.9 Å². The lowest BCUT2D eigenvalue weighted by molar-refractivity contribution is 0.311. The van der Waals surface area contributed by atoms with Crippen molar-refractivity contribution in [3.8, 4) is 11.3 Å². The number of benzene rings is 2. The highest BCUT2D eigenvalue weighted by Crippen LogP contribution is 2.36. The van der Waals surface area contributed by atoms with Gasteiger partial charge in [-0.2, -0.15) is 0 Å². The Morgan fingerprint density at radius 3 is 2.54 bits per heavy atom. The second kappa shape index (κ2) is 9.49. The topological polar surface area (TPSA) is 70.1 Å². The third kappa shape index (κ3) is 4.41. The molecule has 1 aliphatic rings. The molecule has 0 radical (unpaired) electrons. The van der Waals surface area contributed by atoms with E-state index in [0.717, 1.165) is 26.2 Å². The molecule has 0 atom stereocenters.